The molecule has 0 bridgehead atoms. The van der Waals surface area contributed by atoms with Crippen molar-refractivity contribution < 1.29 is 0 Å². The van der Waals surface area contributed by atoms with Gasteiger partial charge in [0.2, 0.25) is 0 Å². The molecule has 2 fully saturated rings. The minimum atomic E-state index is 0.411. The molecule has 196 valence electrons. The number of benzene rings is 2. The number of pyridine rings is 1. The normalized spacial score (nSPS) is 19.3. The Morgan fingerprint density at radius 2 is 1.76 bits per heavy atom. The summed E-state index contributed by atoms with van der Waals surface area (Å²) in [7, 11) is 1.91. The van der Waals surface area contributed by atoms with E-state index in [0.717, 1.165) is 39.3 Å². The number of rotatable bonds is 5. The van der Waals surface area contributed by atoms with E-state index in [1.165, 1.54) is 58.2 Å². The molecule has 6 heteroatoms. The third-order valence-electron chi connectivity index (χ3n) is 7.71. The van der Waals surface area contributed by atoms with Gasteiger partial charge in [-0.1, -0.05) is 67.8 Å². The van der Waals surface area contributed by atoms with Gasteiger partial charge in [-0.2, -0.15) is 0 Å². The Morgan fingerprint density at radius 3 is 2.45 bits per heavy atom. The summed E-state index contributed by atoms with van der Waals surface area (Å²) in [5.41, 5.74) is 11.3. The Bertz CT molecular complexity index is 1350. The van der Waals surface area contributed by atoms with E-state index in [-0.39, 0.29) is 0 Å². The van der Waals surface area contributed by atoms with Crippen molar-refractivity contribution >= 4 is 29.2 Å². The van der Waals surface area contributed by atoms with Crippen LogP contribution in [0.4, 0.5) is 0 Å². The average molecular weight is 507 g/mol. The zero-order chi connectivity index (χ0) is 26.3. The van der Waals surface area contributed by atoms with E-state index >= 15 is 0 Å². The number of likely N-dealkylation sites (N-methyl/N-ethyl adjacent to an activating group) is 1. The molecule has 1 saturated carbocycles. The van der Waals surface area contributed by atoms with Crippen LogP contribution in [0.25, 0.3) is 27.9 Å². The number of hydrogen-bond acceptors (Lipinski definition) is 6. The minimum absolute atomic E-state index is 0.411. The summed E-state index contributed by atoms with van der Waals surface area (Å²) in [5, 5.41) is 1.06. The van der Waals surface area contributed by atoms with Crippen molar-refractivity contribution in [3.8, 4) is 11.3 Å². The molecular formula is C32H38N6. The first-order valence-electron chi connectivity index (χ1n) is 13.8. The van der Waals surface area contributed by atoms with E-state index in [4.69, 9.17) is 10.7 Å². The quantitative estimate of drug-likeness (QED) is 0.411. The van der Waals surface area contributed by atoms with Gasteiger partial charge in [0, 0.05) is 42.5 Å². The highest BCUT2D eigenvalue weighted by Gasteiger charge is 2.20. The van der Waals surface area contributed by atoms with E-state index in [1.807, 2.05) is 60.6 Å². The van der Waals surface area contributed by atoms with Gasteiger partial charge in [-0.3, -0.25) is 4.99 Å². The molecule has 0 unspecified atom stereocenters. The van der Waals surface area contributed by atoms with Gasteiger partial charge in [0.1, 0.15) is 11.5 Å². The van der Waals surface area contributed by atoms with Crippen molar-refractivity contribution in [2.24, 2.45) is 21.6 Å². The molecule has 1 aliphatic carbocycles. The Morgan fingerprint density at radius 1 is 1.00 bits per heavy atom. The molecular weight excluding hydrogens is 468 g/mol. The van der Waals surface area contributed by atoms with Crippen LogP contribution in [0.3, 0.4) is 0 Å². The second-order valence-corrected chi connectivity index (χ2v) is 10.4. The van der Waals surface area contributed by atoms with Gasteiger partial charge in [0.25, 0.3) is 0 Å². The number of hydrogen-bond donors (Lipinski definition) is 1. The lowest BCUT2D eigenvalue weighted by Gasteiger charge is -2.35. The van der Waals surface area contributed by atoms with Crippen LogP contribution < -0.4 is 5.73 Å². The van der Waals surface area contributed by atoms with Crippen LogP contribution in [0.1, 0.15) is 44.1 Å². The number of fused-ring (bicyclic) bond motifs is 1. The molecule has 6 rings (SSSR count). The number of amidine groups is 1. The summed E-state index contributed by atoms with van der Waals surface area (Å²) < 4.78 is 0. The summed E-state index contributed by atoms with van der Waals surface area (Å²) >= 11 is 0. The fourth-order valence-electron chi connectivity index (χ4n) is 5.45. The number of aliphatic imine (C=N–C) groups is 2. The lowest BCUT2D eigenvalue weighted by atomic mass is 9.88. The Hall–Kier alpha value is -3.77. The Kier molecular flexibility index (Phi) is 8.29. The van der Waals surface area contributed by atoms with Crippen LogP contribution in [0, 0.1) is 5.92 Å². The van der Waals surface area contributed by atoms with Crippen molar-refractivity contribution in [2.75, 3.05) is 26.7 Å². The topological polar surface area (TPSA) is 70.1 Å². The highest BCUT2D eigenvalue weighted by atomic mass is 15.2. The van der Waals surface area contributed by atoms with Crippen LogP contribution in [0.15, 0.2) is 88.7 Å². The van der Waals surface area contributed by atoms with Crippen molar-refractivity contribution in [1.82, 2.24) is 14.8 Å². The summed E-state index contributed by atoms with van der Waals surface area (Å²) in [4.78, 5) is 17.8. The number of likely N-dealkylation sites (tertiary alicyclic amines) is 1. The number of nitrogens with two attached hydrogens (primary N) is 1. The maximum atomic E-state index is 6.09. The smallest absolute Gasteiger partial charge is 0.149 e. The van der Waals surface area contributed by atoms with Crippen molar-refractivity contribution in [2.45, 2.75) is 38.5 Å². The number of nitrogens with zero attached hydrogens (tertiary/aromatic N) is 5. The summed E-state index contributed by atoms with van der Waals surface area (Å²) in [6.45, 7) is 7.92. The van der Waals surface area contributed by atoms with Gasteiger partial charge in [-0.15, -0.1) is 0 Å². The SMILES string of the molecule is C1CCC(CN2CCC2)CC1.C=N/C(=C1/C(N)=NC=CN1C)c1ccc2ccc(-c3ccccc3)nc2c1. The van der Waals surface area contributed by atoms with E-state index in [2.05, 4.69) is 39.8 Å². The first-order valence-corrected chi connectivity index (χ1v) is 13.8. The van der Waals surface area contributed by atoms with Crippen LogP contribution >= 0.6 is 0 Å². The molecule has 6 nitrogen and oxygen atoms in total. The monoisotopic (exact) mass is 506 g/mol. The van der Waals surface area contributed by atoms with Gasteiger partial charge in [0.05, 0.1) is 16.9 Å². The van der Waals surface area contributed by atoms with E-state index in [1.54, 1.807) is 6.20 Å². The molecule has 2 N–H and O–H groups in total. The molecule has 3 aliphatic rings. The maximum Gasteiger partial charge on any atom is 0.149 e. The fraction of sp³-hybridized carbons (Fsp3) is 0.344. The van der Waals surface area contributed by atoms with Crippen LogP contribution in [-0.4, -0.2) is 54.0 Å². The summed E-state index contributed by atoms with van der Waals surface area (Å²) in [5.74, 6) is 1.47. The van der Waals surface area contributed by atoms with Crippen molar-refractivity contribution in [1.29, 1.82) is 0 Å². The van der Waals surface area contributed by atoms with Crippen LogP contribution in [0.2, 0.25) is 0 Å². The maximum absolute atomic E-state index is 6.09. The Balaban J connectivity index is 0.000000222. The second-order valence-electron chi connectivity index (χ2n) is 10.4. The first kappa shape index (κ1) is 25.9. The molecule has 0 radical (unpaired) electrons. The fourth-order valence-corrected chi connectivity index (χ4v) is 5.45. The van der Waals surface area contributed by atoms with Crippen molar-refractivity contribution in [3.63, 3.8) is 0 Å². The average Bonchev–Trinajstić information content (AvgIpc) is 2.94. The van der Waals surface area contributed by atoms with Gasteiger partial charge < -0.3 is 15.5 Å². The molecule has 3 aromatic rings. The van der Waals surface area contributed by atoms with E-state index in [0.29, 0.717) is 11.5 Å². The molecule has 0 amide bonds. The van der Waals surface area contributed by atoms with Gasteiger partial charge in [-0.05, 0) is 57.1 Å². The molecule has 2 aliphatic heterocycles. The molecule has 3 heterocycles. The summed E-state index contributed by atoms with van der Waals surface area (Å²) in [6, 6.07) is 20.3. The molecule has 1 aromatic heterocycles. The first-order chi connectivity index (χ1) is 18.6. The van der Waals surface area contributed by atoms with Crippen LogP contribution in [-0.2, 0) is 0 Å². The predicted octanol–water partition coefficient (Wildman–Crippen LogP) is 6.32. The van der Waals surface area contributed by atoms with Gasteiger partial charge in [-0.25, -0.2) is 9.98 Å². The molecule has 2 aromatic carbocycles. The van der Waals surface area contributed by atoms with E-state index < -0.39 is 0 Å². The highest BCUT2D eigenvalue weighted by Crippen LogP contribution is 2.28. The van der Waals surface area contributed by atoms with Gasteiger partial charge in [0.15, 0.2) is 0 Å². The third-order valence-corrected chi connectivity index (χ3v) is 7.71. The highest BCUT2D eigenvalue weighted by molar-refractivity contribution is 6.05. The number of aromatic nitrogens is 1. The van der Waals surface area contributed by atoms with Crippen molar-refractivity contribution in [3.05, 3.63) is 84.3 Å². The standard InChI is InChI=1S/C22H19N5.C10H19N/c1-24-20(21-22(23)25-12-13-27(21)2)17-9-8-16-10-11-18(26-19(16)14-17)15-6-4-3-5-7-15;1-2-5-10(6-3-1)9-11-7-4-8-11/h3-14H,1H2,2H3,(H2,23,25);10H,1-9H2/b21-20-;. The molecule has 0 spiro atoms. The molecule has 0 atom stereocenters. The zero-order valence-electron chi connectivity index (χ0n) is 22.4. The molecule has 38 heavy (non-hydrogen) atoms. The zero-order valence-corrected chi connectivity index (χ0v) is 22.4. The second kappa shape index (κ2) is 12.2. The summed E-state index contributed by atoms with van der Waals surface area (Å²) in [6.07, 6.45) is 12.5. The third kappa shape index (κ3) is 6.03. The van der Waals surface area contributed by atoms with Crippen LogP contribution in [0.5, 0.6) is 0 Å². The van der Waals surface area contributed by atoms with E-state index in [9.17, 15) is 0 Å². The largest absolute Gasteiger partial charge is 0.382 e. The lowest BCUT2D eigenvalue weighted by Crippen LogP contribution is -2.40. The lowest BCUT2D eigenvalue weighted by molar-refractivity contribution is 0.136. The minimum Gasteiger partial charge on any atom is -0.382 e. The van der Waals surface area contributed by atoms with Gasteiger partial charge >= 0.3 is 0 Å². The Labute approximate surface area is 226 Å². The predicted molar refractivity (Wildman–Crippen MR) is 160 cm³/mol. The molecule has 1 saturated heterocycles.